The van der Waals surface area contributed by atoms with Gasteiger partial charge in [0.15, 0.2) is 5.78 Å². The number of ether oxygens (including phenoxy) is 1. The van der Waals surface area contributed by atoms with Gasteiger partial charge >= 0.3 is 0 Å². The number of aromatic nitrogens is 3. The summed E-state index contributed by atoms with van der Waals surface area (Å²) in [5.41, 5.74) is 7.12. The van der Waals surface area contributed by atoms with Gasteiger partial charge in [-0.05, 0) is 12.1 Å². The maximum atomic E-state index is 12.5. The minimum atomic E-state index is -0.319. The monoisotopic (exact) mass is 258 g/mol. The van der Waals surface area contributed by atoms with Crippen molar-refractivity contribution >= 4 is 5.78 Å². The Bertz CT molecular complexity index is 581. The second-order valence-corrected chi connectivity index (χ2v) is 4.54. The summed E-state index contributed by atoms with van der Waals surface area (Å²) in [6.45, 7) is 0.781. The van der Waals surface area contributed by atoms with Gasteiger partial charge in [-0.2, -0.15) is 0 Å². The van der Waals surface area contributed by atoms with Gasteiger partial charge in [0, 0.05) is 6.04 Å². The Balaban J connectivity index is 1.94. The molecule has 98 valence electrons. The largest absolute Gasteiger partial charge is 0.379 e. The van der Waals surface area contributed by atoms with Crippen LogP contribution in [0.3, 0.4) is 0 Å². The fraction of sp³-hybridized carbons (Fsp3) is 0.308. The zero-order valence-electron chi connectivity index (χ0n) is 10.3. The molecule has 2 unspecified atom stereocenters. The number of para-hydroxylation sites is 1. The molecule has 0 bridgehead atoms. The zero-order valence-corrected chi connectivity index (χ0v) is 10.3. The summed E-state index contributed by atoms with van der Waals surface area (Å²) in [5, 5.41) is 7.79. The molecule has 2 heterocycles. The molecule has 3 rings (SSSR count). The summed E-state index contributed by atoms with van der Waals surface area (Å²) >= 11 is 0. The molecule has 0 saturated carbocycles. The summed E-state index contributed by atoms with van der Waals surface area (Å²) in [6, 6.07) is 9.16. The minimum Gasteiger partial charge on any atom is -0.379 e. The molecule has 1 saturated heterocycles. The average Bonchev–Trinajstić information content (AvgIpc) is 3.07. The standard InChI is InChI=1S/C13H14N4O2/c14-11-8-19-7-10(11)13(18)12-6-15-16-17(12)9-4-2-1-3-5-9/h1-6,10-11H,7-8,14H2. The van der Waals surface area contributed by atoms with Crippen LogP contribution in [0.4, 0.5) is 0 Å². The first-order valence-electron chi connectivity index (χ1n) is 6.11. The number of hydrogen-bond donors (Lipinski definition) is 1. The molecule has 1 aromatic heterocycles. The van der Waals surface area contributed by atoms with Crippen LogP contribution in [0, 0.1) is 5.92 Å². The number of rotatable bonds is 3. The number of ketones is 1. The van der Waals surface area contributed by atoms with Crippen molar-refractivity contribution in [1.29, 1.82) is 0 Å². The Morgan fingerprint density at radius 3 is 2.79 bits per heavy atom. The number of nitrogens with zero attached hydrogens (tertiary/aromatic N) is 3. The Morgan fingerprint density at radius 2 is 2.11 bits per heavy atom. The van der Waals surface area contributed by atoms with E-state index in [1.54, 1.807) is 0 Å². The minimum absolute atomic E-state index is 0.0705. The maximum Gasteiger partial charge on any atom is 0.189 e. The second-order valence-electron chi connectivity index (χ2n) is 4.54. The van der Waals surface area contributed by atoms with E-state index in [2.05, 4.69) is 10.3 Å². The molecular weight excluding hydrogens is 244 g/mol. The van der Waals surface area contributed by atoms with Gasteiger partial charge in [0.05, 0.1) is 31.0 Å². The number of Topliss-reactive ketones (excluding diaryl/α,β-unsaturated/α-hetero) is 1. The van der Waals surface area contributed by atoms with Crippen LogP contribution >= 0.6 is 0 Å². The lowest BCUT2D eigenvalue weighted by molar-refractivity contribution is 0.0888. The van der Waals surface area contributed by atoms with Crippen LogP contribution in [0.2, 0.25) is 0 Å². The molecule has 2 atom stereocenters. The second kappa shape index (κ2) is 4.91. The quantitative estimate of drug-likeness (QED) is 0.807. The molecule has 1 aliphatic rings. The SMILES string of the molecule is NC1COCC1C(=O)c1cnnn1-c1ccccc1. The number of benzene rings is 1. The molecule has 1 fully saturated rings. The number of carbonyl (C=O) groups excluding carboxylic acids is 1. The Hall–Kier alpha value is -2.05. The van der Waals surface area contributed by atoms with E-state index >= 15 is 0 Å². The van der Waals surface area contributed by atoms with Crippen molar-refractivity contribution in [3.8, 4) is 5.69 Å². The van der Waals surface area contributed by atoms with Crippen molar-refractivity contribution in [2.24, 2.45) is 11.7 Å². The molecule has 19 heavy (non-hydrogen) atoms. The first-order chi connectivity index (χ1) is 9.27. The fourth-order valence-corrected chi connectivity index (χ4v) is 2.19. The molecule has 1 aromatic carbocycles. The van der Waals surface area contributed by atoms with Crippen LogP contribution in [-0.2, 0) is 4.74 Å². The van der Waals surface area contributed by atoms with Crippen molar-refractivity contribution in [3.63, 3.8) is 0 Å². The van der Waals surface area contributed by atoms with Gasteiger partial charge in [-0.25, -0.2) is 4.68 Å². The van der Waals surface area contributed by atoms with Crippen LogP contribution in [0.1, 0.15) is 10.5 Å². The lowest BCUT2D eigenvalue weighted by Crippen LogP contribution is -2.35. The third-order valence-corrected chi connectivity index (χ3v) is 3.26. The van der Waals surface area contributed by atoms with E-state index in [4.69, 9.17) is 10.5 Å². The Kier molecular flexibility index (Phi) is 3.10. The third kappa shape index (κ3) is 2.16. The van der Waals surface area contributed by atoms with Crippen LogP contribution in [0.25, 0.3) is 5.69 Å². The predicted molar refractivity (Wildman–Crippen MR) is 68.0 cm³/mol. The van der Waals surface area contributed by atoms with Gasteiger partial charge in [0.1, 0.15) is 5.69 Å². The summed E-state index contributed by atoms with van der Waals surface area (Å²) < 4.78 is 6.77. The summed E-state index contributed by atoms with van der Waals surface area (Å²) in [4.78, 5) is 12.5. The van der Waals surface area contributed by atoms with Gasteiger partial charge in [-0.3, -0.25) is 4.79 Å². The molecule has 0 amide bonds. The van der Waals surface area contributed by atoms with Gasteiger partial charge in [-0.1, -0.05) is 23.4 Å². The maximum absolute atomic E-state index is 12.5. The Morgan fingerprint density at radius 1 is 1.32 bits per heavy atom. The Labute approximate surface area is 110 Å². The van der Waals surface area contributed by atoms with Gasteiger partial charge in [0.25, 0.3) is 0 Å². The molecule has 6 heteroatoms. The molecule has 1 aliphatic heterocycles. The molecule has 0 aliphatic carbocycles. The molecule has 2 aromatic rings. The highest BCUT2D eigenvalue weighted by Crippen LogP contribution is 2.19. The van der Waals surface area contributed by atoms with Crippen LogP contribution in [-0.4, -0.2) is 40.0 Å². The predicted octanol–water partition coefficient (Wildman–Crippen LogP) is 0.424. The number of hydrogen-bond acceptors (Lipinski definition) is 5. The van der Waals surface area contributed by atoms with Crippen molar-refractivity contribution in [2.45, 2.75) is 6.04 Å². The highest BCUT2D eigenvalue weighted by molar-refractivity contribution is 5.97. The summed E-state index contributed by atoms with van der Waals surface area (Å²) in [7, 11) is 0. The third-order valence-electron chi connectivity index (χ3n) is 3.26. The molecule has 6 nitrogen and oxygen atoms in total. The van der Waals surface area contributed by atoms with Gasteiger partial charge in [-0.15, -0.1) is 5.10 Å². The van der Waals surface area contributed by atoms with Crippen molar-refractivity contribution < 1.29 is 9.53 Å². The highest BCUT2D eigenvalue weighted by Gasteiger charge is 2.34. The number of carbonyl (C=O) groups is 1. The molecule has 0 radical (unpaired) electrons. The number of nitrogens with two attached hydrogens (primary N) is 1. The topological polar surface area (TPSA) is 83.0 Å². The first-order valence-corrected chi connectivity index (χ1v) is 6.11. The van der Waals surface area contributed by atoms with Crippen molar-refractivity contribution in [1.82, 2.24) is 15.0 Å². The van der Waals surface area contributed by atoms with Crippen molar-refractivity contribution in [3.05, 3.63) is 42.2 Å². The van der Waals surface area contributed by atoms with E-state index in [9.17, 15) is 4.79 Å². The van der Waals surface area contributed by atoms with Crippen molar-refractivity contribution in [2.75, 3.05) is 13.2 Å². The zero-order chi connectivity index (χ0) is 13.2. The molecular formula is C13H14N4O2. The summed E-state index contributed by atoms with van der Waals surface area (Å²) in [6.07, 6.45) is 1.47. The molecule has 0 spiro atoms. The van der Waals surface area contributed by atoms with E-state index in [1.807, 2.05) is 30.3 Å². The van der Waals surface area contributed by atoms with Crippen LogP contribution in [0.5, 0.6) is 0 Å². The normalized spacial score (nSPS) is 22.6. The van der Waals surface area contributed by atoms with Gasteiger partial charge < -0.3 is 10.5 Å². The van der Waals surface area contributed by atoms with E-state index in [1.165, 1.54) is 10.9 Å². The van der Waals surface area contributed by atoms with Gasteiger partial charge in [0.2, 0.25) is 0 Å². The van der Waals surface area contributed by atoms with E-state index in [0.717, 1.165) is 5.69 Å². The average molecular weight is 258 g/mol. The smallest absolute Gasteiger partial charge is 0.189 e. The van der Waals surface area contributed by atoms with E-state index in [0.29, 0.717) is 18.9 Å². The van der Waals surface area contributed by atoms with E-state index in [-0.39, 0.29) is 17.7 Å². The van der Waals surface area contributed by atoms with Crippen LogP contribution in [0.15, 0.2) is 36.5 Å². The fourth-order valence-electron chi connectivity index (χ4n) is 2.19. The molecule has 2 N–H and O–H groups in total. The summed E-state index contributed by atoms with van der Waals surface area (Å²) in [5.74, 6) is -0.389. The first kappa shape index (κ1) is 12.0. The lowest BCUT2D eigenvalue weighted by atomic mass is 9.97. The van der Waals surface area contributed by atoms with E-state index < -0.39 is 0 Å². The highest BCUT2D eigenvalue weighted by atomic mass is 16.5. The lowest BCUT2D eigenvalue weighted by Gasteiger charge is -2.12. The van der Waals surface area contributed by atoms with Crippen LogP contribution < -0.4 is 5.73 Å².